The maximum absolute atomic E-state index is 12.3. The Hall–Kier alpha value is -1.86. The molecular formula is C17H20N2O2. The van der Waals surface area contributed by atoms with Crippen LogP contribution in [-0.4, -0.2) is 22.6 Å². The molecule has 2 N–H and O–H groups in total. The molecule has 0 bridgehead atoms. The third kappa shape index (κ3) is 3.25. The molecule has 21 heavy (non-hydrogen) atoms. The summed E-state index contributed by atoms with van der Waals surface area (Å²) in [5.74, 6) is 7.79. The van der Waals surface area contributed by atoms with E-state index in [1.807, 2.05) is 6.07 Å². The number of carbonyl (C=O) groups is 1. The van der Waals surface area contributed by atoms with Crippen LogP contribution < -0.4 is 5.32 Å². The minimum atomic E-state index is 0.0495. The van der Waals surface area contributed by atoms with E-state index in [1.165, 1.54) is 25.7 Å². The van der Waals surface area contributed by atoms with Gasteiger partial charge in [0.05, 0.1) is 6.61 Å². The highest BCUT2D eigenvalue weighted by Gasteiger charge is 2.54. The van der Waals surface area contributed by atoms with E-state index in [2.05, 4.69) is 22.1 Å². The highest BCUT2D eigenvalue weighted by molar-refractivity contribution is 5.94. The summed E-state index contributed by atoms with van der Waals surface area (Å²) >= 11 is 0. The molecule has 2 aliphatic rings. The third-order valence-corrected chi connectivity index (χ3v) is 4.41. The van der Waals surface area contributed by atoms with Crippen molar-refractivity contribution in [3.63, 3.8) is 0 Å². The number of aliphatic hydroxyl groups excluding tert-OH is 1. The topological polar surface area (TPSA) is 62.2 Å². The van der Waals surface area contributed by atoms with E-state index in [1.54, 1.807) is 12.1 Å². The highest BCUT2D eigenvalue weighted by Crippen LogP contribution is 2.55. The standard InChI is InChI=1S/C17H20N2O2/c20-11-4-3-6-12-7-5-10-15(18-12)19-17(21)16-13-8-1-2-9-14(13)16/h5,7,10,13-14,16,20H,1-2,4,8-9,11H2,(H,18,19,21). The first kappa shape index (κ1) is 14.1. The van der Waals surface area contributed by atoms with Crippen LogP contribution in [0.25, 0.3) is 0 Å². The molecule has 4 nitrogen and oxygen atoms in total. The van der Waals surface area contributed by atoms with Gasteiger partial charge in [-0.05, 0) is 42.7 Å². The SMILES string of the molecule is O=C(Nc1cccc(C#CCCO)n1)C1C2CCCCC21. The van der Waals surface area contributed by atoms with Crippen LogP contribution >= 0.6 is 0 Å². The van der Waals surface area contributed by atoms with E-state index in [0.717, 1.165) is 0 Å². The molecule has 2 unspecified atom stereocenters. The Morgan fingerprint density at radius 1 is 1.33 bits per heavy atom. The van der Waals surface area contributed by atoms with Gasteiger partial charge in [-0.1, -0.05) is 24.8 Å². The van der Waals surface area contributed by atoms with Crippen molar-refractivity contribution >= 4 is 11.7 Å². The Labute approximate surface area is 125 Å². The van der Waals surface area contributed by atoms with Crippen LogP contribution in [0.3, 0.4) is 0 Å². The van der Waals surface area contributed by atoms with Gasteiger partial charge in [0, 0.05) is 12.3 Å². The molecule has 2 aliphatic carbocycles. The summed E-state index contributed by atoms with van der Waals surface area (Å²) in [6.07, 6.45) is 5.35. The Bertz CT molecular complexity index is 576. The van der Waals surface area contributed by atoms with Crippen molar-refractivity contribution in [3.8, 4) is 11.8 Å². The van der Waals surface area contributed by atoms with Crippen molar-refractivity contribution in [3.05, 3.63) is 23.9 Å². The average Bonchev–Trinajstić information content (AvgIpc) is 3.22. The molecule has 0 aliphatic heterocycles. The molecule has 3 rings (SSSR count). The second-order valence-corrected chi connectivity index (χ2v) is 5.81. The molecule has 1 heterocycles. The van der Waals surface area contributed by atoms with E-state index in [-0.39, 0.29) is 18.4 Å². The molecule has 0 saturated heterocycles. The number of fused-ring (bicyclic) bond motifs is 1. The average molecular weight is 284 g/mol. The van der Waals surface area contributed by atoms with E-state index in [9.17, 15) is 4.79 Å². The Morgan fingerprint density at radius 3 is 2.81 bits per heavy atom. The van der Waals surface area contributed by atoms with Gasteiger partial charge in [0.15, 0.2) is 0 Å². The number of anilines is 1. The van der Waals surface area contributed by atoms with Crippen LogP contribution in [0.2, 0.25) is 0 Å². The maximum atomic E-state index is 12.3. The van der Waals surface area contributed by atoms with Crippen LogP contribution in [0.5, 0.6) is 0 Å². The largest absolute Gasteiger partial charge is 0.395 e. The third-order valence-electron chi connectivity index (χ3n) is 4.41. The number of pyridine rings is 1. The van der Waals surface area contributed by atoms with E-state index in [4.69, 9.17) is 5.11 Å². The monoisotopic (exact) mass is 284 g/mol. The molecule has 0 aromatic carbocycles. The van der Waals surface area contributed by atoms with Crippen molar-refractivity contribution in [1.82, 2.24) is 4.98 Å². The van der Waals surface area contributed by atoms with Gasteiger partial charge in [-0.15, -0.1) is 0 Å². The predicted octanol–water partition coefficient (Wildman–Crippen LogP) is 2.19. The summed E-state index contributed by atoms with van der Waals surface area (Å²) in [5.41, 5.74) is 0.620. The highest BCUT2D eigenvalue weighted by atomic mass is 16.2. The molecule has 2 fully saturated rings. The molecule has 2 saturated carbocycles. The van der Waals surface area contributed by atoms with Crippen LogP contribution in [0.1, 0.15) is 37.8 Å². The first-order valence-electron chi connectivity index (χ1n) is 7.67. The lowest BCUT2D eigenvalue weighted by Crippen LogP contribution is -2.16. The molecular weight excluding hydrogens is 264 g/mol. The summed E-state index contributed by atoms with van der Waals surface area (Å²) in [7, 11) is 0. The van der Waals surface area contributed by atoms with Crippen molar-refractivity contribution in [2.45, 2.75) is 32.1 Å². The normalized spacial score (nSPS) is 26.2. The lowest BCUT2D eigenvalue weighted by Gasteiger charge is -2.04. The van der Waals surface area contributed by atoms with E-state index in [0.29, 0.717) is 29.8 Å². The van der Waals surface area contributed by atoms with E-state index < -0.39 is 0 Å². The molecule has 1 aromatic rings. The minimum Gasteiger partial charge on any atom is -0.395 e. The van der Waals surface area contributed by atoms with Crippen molar-refractivity contribution in [1.29, 1.82) is 0 Å². The van der Waals surface area contributed by atoms with Gasteiger partial charge in [-0.25, -0.2) is 4.98 Å². The number of amides is 1. The summed E-state index contributed by atoms with van der Waals surface area (Å²) < 4.78 is 0. The second kappa shape index (κ2) is 6.28. The molecule has 4 heteroatoms. The number of nitrogens with zero attached hydrogens (tertiary/aromatic N) is 1. The van der Waals surface area contributed by atoms with Crippen LogP contribution in [0, 0.1) is 29.6 Å². The number of aliphatic hydroxyl groups is 1. The quantitative estimate of drug-likeness (QED) is 0.836. The van der Waals surface area contributed by atoms with Crippen LogP contribution in [-0.2, 0) is 4.79 Å². The zero-order valence-electron chi connectivity index (χ0n) is 12.0. The minimum absolute atomic E-state index is 0.0495. The first-order valence-corrected chi connectivity index (χ1v) is 7.67. The molecule has 0 radical (unpaired) electrons. The molecule has 0 spiro atoms. The van der Waals surface area contributed by atoms with Crippen LogP contribution in [0.15, 0.2) is 18.2 Å². The predicted molar refractivity (Wildman–Crippen MR) is 80.4 cm³/mol. The van der Waals surface area contributed by atoms with Crippen molar-refractivity contribution in [2.24, 2.45) is 17.8 Å². The summed E-state index contributed by atoms with van der Waals surface area (Å²) in [5, 5.41) is 11.6. The lowest BCUT2D eigenvalue weighted by atomic mass is 10.0. The number of hydrogen-bond acceptors (Lipinski definition) is 3. The van der Waals surface area contributed by atoms with Gasteiger partial charge in [0.1, 0.15) is 11.5 Å². The van der Waals surface area contributed by atoms with Gasteiger partial charge < -0.3 is 10.4 Å². The molecule has 1 amide bonds. The summed E-state index contributed by atoms with van der Waals surface area (Å²) in [6.45, 7) is 0.0495. The van der Waals surface area contributed by atoms with Gasteiger partial charge in [-0.3, -0.25) is 4.79 Å². The Balaban J connectivity index is 1.61. The number of nitrogens with one attached hydrogen (secondary N) is 1. The van der Waals surface area contributed by atoms with Gasteiger partial charge >= 0.3 is 0 Å². The number of rotatable bonds is 3. The molecule has 1 aromatic heterocycles. The van der Waals surface area contributed by atoms with Crippen LogP contribution in [0.4, 0.5) is 5.82 Å². The lowest BCUT2D eigenvalue weighted by molar-refractivity contribution is -0.117. The fraction of sp³-hybridized carbons (Fsp3) is 0.529. The first-order chi connectivity index (χ1) is 10.3. The summed E-state index contributed by atoms with van der Waals surface area (Å²) in [6, 6.07) is 5.43. The number of aromatic nitrogens is 1. The fourth-order valence-electron chi connectivity index (χ4n) is 3.37. The van der Waals surface area contributed by atoms with Gasteiger partial charge in [-0.2, -0.15) is 0 Å². The zero-order chi connectivity index (χ0) is 14.7. The number of carbonyl (C=O) groups excluding carboxylic acids is 1. The van der Waals surface area contributed by atoms with Crippen molar-refractivity contribution in [2.75, 3.05) is 11.9 Å². The van der Waals surface area contributed by atoms with Gasteiger partial charge in [0.25, 0.3) is 0 Å². The summed E-state index contributed by atoms with van der Waals surface area (Å²) in [4.78, 5) is 16.6. The Morgan fingerprint density at radius 2 is 2.10 bits per heavy atom. The Kier molecular flexibility index (Phi) is 4.21. The number of hydrogen-bond donors (Lipinski definition) is 2. The smallest absolute Gasteiger partial charge is 0.229 e. The van der Waals surface area contributed by atoms with Gasteiger partial charge in [0.2, 0.25) is 5.91 Å². The van der Waals surface area contributed by atoms with Crippen molar-refractivity contribution < 1.29 is 9.90 Å². The van der Waals surface area contributed by atoms with E-state index >= 15 is 0 Å². The fourth-order valence-corrected chi connectivity index (χ4v) is 3.37. The molecule has 110 valence electrons. The zero-order valence-corrected chi connectivity index (χ0v) is 12.0. The molecule has 2 atom stereocenters. The second-order valence-electron chi connectivity index (χ2n) is 5.81. The maximum Gasteiger partial charge on any atom is 0.229 e.